The van der Waals surface area contributed by atoms with Gasteiger partial charge >= 0.3 is 6.01 Å². The quantitative estimate of drug-likeness (QED) is 0.228. The van der Waals surface area contributed by atoms with E-state index in [1.807, 2.05) is 12.1 Å². The predicted octanol–water partition coefficient (Wildman–Crippen LogP) is 5.99. The lowest BCUT2D eigenvalue weighted by atomic mass is 9.93. The highest BCUT2D eigenvalue weighted by Gasteiger charge is 2.45. The van der Waals surface area contributed by atoms with Crippen LogP contribution < -0.4 is 20.7 Å². The van der Waals surface area contributed by atoms with Gasteiger partial charge in [0.1, 0.15) is 23.7 Å². The summed E-state index contributed by atoms with van der Waals surface area (Å²) in [5.74, 6) is 0.0935. The Labute approximate surface area is 261 Å². The van der Waals surface area contributed by atoms with Crippen LogP contribution in [0.15, 0.2) is 48.5 Å². The fraction of sp³-hybridized carbons (Fsp3) is 0.412. The maximum atomic E-state index is 17.0. The first-order valence-electron chi connectivity index (χ1n) is 15.6. The predicted molar refractivity (Wildman–Crippen MR) is 172 cm³/mol. The van der Waals surface area contributed by atoms with Crippen LogP contribution in [0.4, 0.5) is 15.9 Å². The summed E-state index contributed by atoms with van der Waals surface area (Å²) >= 11 is 6.94. The molecule has 1 aromatic heterocycles. The summed E-state index contributed by atoms with van der Waals surface area (Å²) in [6.07, 6.45) is 6.72. The van der Waals surface area contributed by atoms with Crippen LogP contribution in [0, 0.1) is 5.82 Å². The summed E-state index contributed by atoms with van der Waals surface area (Å²) in [6.45, 7) is 4.21. The van der Waals surface area contributed by atoms with Crippen LogP contribution in [0.1, 0.15) is 38.5 Å². The number of nitrogens with zero attached hydrogens (tertiary/aromatic N) is 4. The molecule has 4 aromatic rings. The summed E-state index contributed by atoms with van der Waals surface area (Å²) in [5.41, 5.74) is 8.91. The smallest absolute Gasteiger partial charge is 0.319 e. The van der Waals surface area contributed by atoms with Gasteiger partial charge in [0.15, 0.2) is 5.82 Å². The van der Waals surface area contributed by atoms with E-state index in [0.717, 1.165) is 70.3 Å². The number of ether oxygens (including phenoxy) is 1. The van der Waals surface area contributed by atoms with Crippen LogP contribution in [-0.4, -0.2) is 70.4 Å². The van der Waals surface area contributed by atoms with Crippen molar-refractivity contribution >= 4 is 34.0 Å². The van der Waals surface area contributed by atoms with Crippen molar-refractivity contribution in [2.75, 3.05) is 43.4 Å². The van der Waals surface area contributed by atoms with Gasteiger partial charge < -0.3 is 25.8 Å². The molecule has 2 unspecified atom stereocenters. The monoisotopic (exact) mass is 614 g/mol. The fourth-order valence-electron chi connectivity index (χ4n) is 8.00. The molecule has 0 amide bonds. The molecule has 228 valence electrons. The number of aromatic hydroxyl groups is 1. The molecule has 0 radical (unpaired) electrons. The van der Waals surface area contributed by atoms with Crippen LogP contribution in [0.25, 0.3) is 33.2 Å². The van der Waals surface area contributed by atoms with Crippen molar-refractivity contribution in [1.82, 2.24) is 20.2 Å². The lowest BCUT2D eigenvalue weighted by molar-refractivity contribution is 0.108. The van der Waals surface area contributed by atoms with Gasteiger partial charge in [0, 0.05) is 41.8 Å². The number of nitrogens with one attached hydrogen (secondary N) is 1. The summed E-state index contributed by atoms with van der Waals surface area (Å²) in [5, 5.41) is 14.9. The molecular formula is C34H36ClFN6O2. The highest BCUT2D eigenvalue weighted by atomic mass is 35.5. The van der Waals surface area contributed by atoms with E-state index in [1.165, 1.54) is 0 Å². The molecule has 3 aromatic carbocycles. The number of hydrogen-bond donors (Lipinski definition) is 3. The lowest BCUT2D eigenvalue weighted by Crippen LogP contribution is -2.51. The second-order valence-corrected chi connectivity index (χ2v) is 13.3. The number of fused-ring (bicyclic) bond motifs is 4. The molecule has 2 atom stereocenters. The van der Waals surface area contributed by atoms with Crippen LogP contribution in [0.2, 0.25) is 5.02 Å². The summed E-state index contributed by atoms with van der Waals surface area (Å²) in [4.78, 5) is 14.4. The van der Waals surface area contributed by atoms with Crippen molar-refractivity contribution in [3.8, 4) is 34.0 Å². The normalized spacial score (nSPS) is 22.5. The largest absolute Gasteiger partial charge is 0.508 e. The van der Waals surface area contributed by atoms with Crippen LogP contribution >= 0.6 is 11.6 Å². The maximum absolute atomic E-state index is 17.0. The number of nitrogens with two attached hydrogens (primary N) is 1. The van der Waals surface area contributed by atoms with Crippen molar-refractivity contribution in [3.63, 3.8) is 0 Å². The first-order chi connectivity index (χ1) is 21.4. The molecule has 4 N–H and O–H groups in total. The van der Waals surface area contributed by atoms with E-state index in [4.69, 9.17) is 32.0 Å². The number of hydrogen-bond acceptors (Lipinski definition) is 8. The minimum Gasteiger partial charge on any atom is -0.508 e. The van der Waals surface area contributed by atoms with Gasteiger partial charge in [0.05, 0.1) is 10.6 Å². The van der Waals surface area contributed by atoms with Gasteiger partial charge in [0.2, 0.25) is 0 Å². The van der Waals surface area contributed by atoms with Crippen LogP contribution in [0.5, 0.6) is 11.8 Å². The number of nitrogen functional groups attached to an aromatic ring is 1. The zero-order chi connectivity index (χ0) is 30.0. The number of halogens is 2. The fourth-order valence-corrected chi connectivity index (χ4v) is 8.29. The third-order valence-electron chi connectivity index (χ3n) is 10.1. The zero-order valence-corrected chi connectivity index (χ0v) is 25.3. The van der Waals surface area contributed by atoms with Crippen molar-refractivity contribution < 1.29 is 14.2 Å². The van der Waals surface area contributed by atoms with Gasteiger partial charge in [-0.3, -0.25) is 4.90 Å². The van der Waals surface area contributed by atoms with E-state index in [1.54, 1.807) is 36.4 Å². The molecule has 0 saturated carbocycles. The molecule has 44 heavy (non-hydrogen) atoms. The number of aromatic nitrogens is 2. The molecule has 0 aliphatic carbocycles. The Balaban J connectivity index is 1.27. The van der Waals surface area contributed by atoms with Gasteiger partial charge in [-0.1, -0.05) is 29.8 Å². The van der Waals surface area contributed by atoms with Gasteiger partial charge in [-0.25, -0.2) is 4.39 Å². The molecular weight excluding hydrogens is 579 g/mol. The molecule has 4 aliphatic heterocycles. The van der Waals surface area contributed by atoms with E-state index in [-0.39, 0.29) is 33.4 Å². The van der Waals surface area contributed by atoms with E-state index in [0.29, 0.717) is 46.7 Å². The Morgan fingerprint density at radius 2 is 1.73 bits per heavy atom. The van der Waals surface area contributed by atoms with E-state index >= 15 is 4.39 Å². The van der Waals surface area contributed by atoms with Gasteiger partial charge in [-0.15, -0.1) is 0 Å². The van der Waals surface area contributed by atoms with E-state index in [9.17, 15) is 5.11 Å². The van der Waals surface area contributed by atoms with E-state index < -0.39 is 5.82 Å². The molecule has 8 rings (SSSR count). The molecule has 0 spiro atoms. The number of anilines is 2. The Bertz CT molecular complexity index is 1730. The summed E-state index contributed by atoms with van der Waals surface area (Å²) in [6, 6.07) is 14.9. The summed E-state index contributed by atoms with van der Waals surface area (Å²) < 4.78 is 23.4. The molecule has 4 fully saturated rings. The van der Waals surface area contributed by atoms with Gasteiger partial charge in [-0.05, 0) is 98.6 Å². The minimum absolute atomic E-state index is 0.00583. The molecule has 4 saturated heterocycles. The minimum atomic E-state index is -0.567. The molecule has 2 bridgehead atoms. The topological polar surface area (TPSA) is 99.8 Å². The number of rotatable bonds is 6. The Morgan fingerprint density at radius 3 is 2.45 bits per heavy atom. The number of phenolic OH excluding ortho intramolecular Hbond substituents is 1. The van der Waals surface area contributed by atoms with Gasteiger partial charge in [-0.2, -0.15) is 9.97 Å². The van der Waals surface area contributed by atoms with Crippen molar-refractivity contribution in [3.05, 3.63) is 59.4 Å². The van der Waals surface area contributed by atoms with Crippen molar-refractivity contribution in [2.24, 2.45) is 0 Å². The SMILES string of the molecule is Nc1ccc(-c2ccc(O)cc2-c2c(Cl)cc3c(N4CC5CCC(C4)N5)nc(OCC45CCCN4CCC5)nc3c2F)cc1. The third kappa shape index (κ3) is 4.73. The highest BCUT2D eigenvalue weighted by Crippen LogP contribution is 2.44. The van der Waals surface area contributed by atoms with Crippen LogP contribution in [0.3, 0.4) is 0 Å². The average Bonchev–Trinajstić information content (AvgIpc) is 3.70. The second-order valence-electron chi connectivity index (χ2n) is 12.9. The highest BCUT2D eigenvalue weighted by molar-refractivity contribution is 6.34. The number of piperazine rings is 1. The molecule has 8 nitrogen and oxygen atoms in total. The number of benzene rings is 3. The van der Waals surface area contributed by atoms with Gasteiger partial charge in [0.25, 0.3) is 0 Å². The molecule has 4 aliphatic rings. The first-order valence-corrected chi connectivity index (χ1v) is 16.0. The maximum Gasteiger partial charge on any atom is 0.319 e. The standard InChI is InChI=1S/C34H36ClFN6O2/c35-28-16-27-31(30(36)29(28)26-15-24(43)9-10-25(26)20-3-5-21(37)6-4-20)39-33(44-19-34-11-1-13-42(34)14-2-12-34)40-32(27)41-17-22-7-8-23(18-41)38-22/h3-6,9-10,15-16,22-23,38,43H,1-2,7-8,11-14,17-19,37H2. The Hall–Kier alpha value is -3.66. The average molecular weight is 615 g/mol. The molecule has 10 heteroatoms. The summed E-state index contributed by atoms with van der Waals surface area (Å²) in [7, 11) is 0. The Kier molecular flexibility index (Phi) is 6.81. The lowest BCUT2D eigenvalue weighted by Gasteiger charge is -2.35. The molecule has 5 heterocycles. The first kappa shape index (κ1) is 27.9. The second kappa shape index (κ2) is 10.8. The van der Waals surface area contributed by atoms with Crippen molar-refractivity contribution in [1.29, 1.82) is 0 Å². The zero-order valence-electron chi connectivity index (χ0n) is 24.5. The Morgan fingerprint density at radius 1 is 1.00 bits per heavy atom. The third-order valence-corrected chi connectivity index (χ3v) is 10.4. The van der Waals surface area contributed by atoms with Crippen molar-refractivity contribution in [2.45, 2.75) is 56.1 Å². The van der Waals surface area contributed by atoms with E-state index in [2.05, 4.69) is 15.1 Å². The van der Waals surface area contributed by atoms with Crippen LogP contribution in [-0.2, 0) is 0 Å². The number of phenols is 1.